The monoisotopic (exact) mass is 353 g/mol. The molecule has 138 valence electrons. The Morgan fingerprint density at radius 3 is 2.27 bits per heavy atom. The Bertz CT molecular complexity index is 710. The Hall–Kier alpha value is -2.62. The average Bonchev–Trinajstić information content (AvgIpc) is 2.67. The third-order valence-corrected chi connectivity index (χ3v) is 4.41. The van der Waals surface area contributed by atoms with Crippen molar-refractivity contribution in [1.82, 2.24) is 4.90 Å². The van der Waals surface area contributed by atoms with Crippen molar-refractivity contribution in [3.05, 3.63) is 71.3 Å². The van der Waals surface area contributed by atoms with Gasteiger partial charge in [0.2, 0.25) is 5.91 Å². The highest BCUT2D eigenvalue weighted by Crippen LogP contribution is 2.13. The zero-order valence-corrected chi connectivity index (χ0v) is 15.8. The minimum absolute atomic E-state index is 0.0465. The van der Waals surface area contributed by atoms with E-state index in [0.717, 1.165) is 11.1 Å². The van der Waals surface area contributed by atoms with Crippen molar-refractivity contribution in [1.29, 1.82) is 0 Å². The van der Waals surface area contributed by atoms with Crippen LogP contribution in [-0.2, 0) is 27.3 Å². The van der Waals surface area contributed by atoms with E-state index in [-0.39, 0.29) is 17.8 Å². The number of esters is 1. The number of nitrogens with zero attached hydrogens (tertiary/aromatic N) is 1. The van der Waals surface area contributed by atoms with Crippen LogP contribution >= 0.6 is 0 Å². The van der Waals surface area contributed by atoms with Gasteiger partial charge in [-0.2, -0.15) is 0 Å². The lowest BCUT2D eigenvalue weighted by Gasteiger charge is -2.25. The van der Waals surface area contributed by atoms with Crippen LogP contribution < -0.4 is 0 Å². The highest BCUT2D eigenvalue weighted by molar-refractivity contribution is 5.78. The van der Waals surface area contributed by atoms with E-state index in [2.05, 4.69) is 0 Å². The number of hydrogen-bond donors (Lipinski definition) is 0. The van der Waals surface area contributed by atoms with Gasteiger partial charge in [0.05, 0.1) is 13.0 Å². The van der Waals surface area contributed by atoms with Gasteiger partial charge in [0.15, 0.2) is 0 Å². The second-order valence-electron chi connectivity index (χ2n) is 6.67. The lowest BCUT2D eigenvalue weighted by Crippen LogP contribution is -2.37. The van der Waals surface area contributed by atoms with Crippen LogP contribution in [0.5, 0.6) is 0 Å². The topological polar surface area (TPSA) is 46.6 Å². The van der Waals surface area contributed by atoms with Crippen molar-refractivity contribution in [3.63, 3.8) is 0 Å². The molecule has 0 spiro atoms. The Balaban J connectivity index is 2.06. The Morgan fingerprint density at radius 2 is 1.65 bits per heavy atom. The third kappa shape index (κ3) is 6.03. The highest BCUT2D eigenvalue weighted by Gasteiger charge is 2.21. The quantitative estimate of drug-likeness (QED) is 0.679. The molecule has 0 bridgehead atoms. The number of ether oxygens (including phenoxy) is 1. The maximum absolute atomic E-state index is 12.8. The minimum atomic E-state index is -0.355. The van der Waals surface area contributed by atoms with Crippen LogP contribution in [0.25, 0.3) is 0 Å². The molecule has 2 aromatic rings. The summed E-state index contributed by atoms with van der Waals surface area (Å²) in [5.41, 5.74) is 3.37. The van der Waals surface area contributed by atoms with Gasteiger partial charge in [-0.05, 0) is 24.5 Å². The van der Waals surface area contributed by atoms with Crippen molar-refractivity contribution < 1.29 is 14.3 Å². The number of methoxy groups -OCH3 is 1. The minimum Gasteiger partial charge on any atom is -0.469 e. The average molecular weight is 353 g/mol. The van der Waals surface area contributed by atoms with E-state index in [1.54, 1.807) is 11.8 Å². The lowest BCUT2D eigenvalue weighted by atomic mass is 10.1. The highest BCUT2D eigenvalue weighted by atomic mass is 16.5. The molecule has 0 N–H and O–H groups in total. The standard InChI is InChI=1S/C22H27NO3/c1-17-9-11-20(12-10-17)16-23(15-18(2)22(25)26-3)21(24)14-13-19-7-5-4-6-8-19/h4-12,18H,13-16H2,1-3H3. The van der Waals surface area contributed by atoms with Crippen molar-refractivity contribution in [2.45, 2.75) is 33.2 Å². The van der Waals surface area contributed by atoms with Crippen LogP contribution in [-0.4, -0.2) is 30.4 Å². The number of carbonyl (C=O) groups excluding carboxylic acids is 2. The molecule has 0 radical (unpaired) electrons. The molecule has 1 atom stereocenters. The molecule has 0 aromatic heterocycles. The summed E-state index contributed by atoms with van der Waals surface area (Å²) in [5.74, 6) is -0.605. The van der Waals surface area contributed by atoms with Gasteiger partial charge in [-0.1, -0.05) is 67.1 Å². The molecule has 1 amide bonds. The summed E-state index contributed by atoms with van der Waals surface area (Å²) in [6.07, 6.45) is 1.11. The fourth-order valence-electron chi connectivity index (χ4n) is 2.83. The summed E-state index contributed by atoms with van der Waals surface area (Å²) in [6, 6.07) is 18.1. The van der Waals surface area contributed by atoms with Crippen molar-refractivity contribution in [2.75, 3.05) is 13.7 Å². The normalized spacial score (nSPS) is 11.7. The first kappa shape index (κ1) is 19.7. The number of amides is 1. The fraction of sp³-hybridized carbons (Fsp3) is 0.364. The predicted octanol–water partition coefficient (Wildman–Crippen LogP) is 3.77. The van der Waals surface area contributed by atoms with Crippen molar-refractivity contribution in [2.24, 2.45) is 5.92 Å². The maximum atomic E-state index is 12.8. The van der Waals surface area contributed by atoms with Gasteiger partial charge in [0.1, 0.15) is 0 Å². The van der Waals surface area contributed by atoms with Crippen LogP contribution in [0.2, 0.25) is 0 Å². The first-order chi connectivity index (χ1) is 12.5. The van der Waals surface area contributed by atoms with Gasteiger partial charge in [0, 0.05) is 19.5 Å². The largest absolute Gasteiger partial charge is 0.469 e. The number of hydrogen-bond acceptors (Lipinski definition) is 3. The number of rotatable bonds is 8. The molecule has 4 nitrogen and oxygen atoms in total. The molecule has 4 heteroatoms. The molecular weight excluding hydrogens is 326 g/mol. The van der Waals surface area contributed by atoms with E-state index in [9.17, 15) is 9.59 Å². The number of aryl methyl sites for hydroxylation is 2. The molecule has 0 saturated heterocycles. The van der Waals surface area contributed by atoms with E-state index >= 15 is 0 Å². The molecule has 0 aliphatic heterocycles. The Labute approximate surface area is 155 Å². The summed E-state index contributed by atoms with van der Waals surface area (Å²) in [5, 5.41) is 0. The van der Waals surface area contributed by atoms with Crippen LogP contribution in [0.4, 0.5) is 0 Å². The molecule has 2 aromatic carbocycles. The molecule has 0 heterocycles. The third-order valence-electron chi connectivity index (χ3n) is 4.41. The summed E-state index contributed by atoms with van der Waals surface area (Å²) >= 11 is 0. The summed E-state index contributed by atoms with van der Waals surface area (Å²) < 4.78 is 4.81. The van der Waals surface area contributed by atoms with Gasteiger partial charge >= 0.3 is 5.97 Å². The van der Waals surface area contributed by atoms with Gasteiger partial charge in [-0.3, -0.25) is 9.59 Å². The first-order valence-electron chi connectivity index (χ1n) is 8.94. The maximum Gasteiger partial charge on any atom is 0.310 e. The second kappa shape index (κ2) is 9.76. The molecule has 2 rings (SSSR count). The Morgan fingerprint density at radius 1 is 1.00 bits per heavy atom. The van der Waals surface area contributed by atoms with Gasteiger partial charge in [0.25, 0.3) is 0 Å². The van der Waals surface area contributed by atoms with E-state index in [0.29, 0.717) is 25.9 Å². The number of carbonyl (C=O) groups is 2. The SMILES string of the molecule is COC(=O)C(C)CN(Cc1ccc(C)cc1)C(=O)CCc1ccccc1. The van der Waals surface area contributed by atoms with Gasteiger partial charge < -0.3 is 9.64 Å². The van der Waals surface area contributed by atoms with Gasteiger partial charge in [-0.25, -0.2) is 0 Å². The van der Waals surface area contributed by atoms with E-state index in [1.165, 1.54) is 12.7 Å². The van der Waals surface area contributed by atoms with Gasteiger partial charge in [-0.15, -0.1) is 0 Å². The van der Waals surface area contributed by atoms with E-state index in [4.69, 9.17) is 4.74 Å². The van der Waals surface area contributed by atoms with Crippen LogP contribution in [0.3, 0.4) is 0 Å². The summed E-state index contributed by atoms with van der Waals surface area (Å²) in [4.78, 5) is 26.4. The summed E-state index contributed by atoms with van der Waals surface area (Å²) in [7, 11) is 1.38. The Kier molecular flexibility index (Phi) is 7.39. The predicted molar refractivity (Wildman–Crippen MR) is 103 cm³/mol. The molecule has 0 aliphatic carbocycles. The van der Waals surface area contributed by atoms with Crippen LogP contribution in [0, 0.1) is 12.8 Å². The lowest BCUT2D eigenvalue weighted by molar-refractivity contribution is -0.146. The van der Waals surface area contributed by atoms with Crippen LogP contribution in [0.15, 0.2) is 54.6 Å². The summed E-state index contributed by atoms with van der Waals surface area (Å²) in [6.45, 7) is 4.67. The zero-order valence-electron chi connectivity index (χ0n) is 15.8. The fourth-order valence-corrected chi connectivity index (χ4v) is 2.83. The molecular formula is C22H27NO3. The van der Waals surface area contributed by atoms with Crippen molar-refractivity contribution in [3.8, 4) is 0 Å². The van der Waals surface area contributed by atoms with Crippen molar-refractivity contribution >= 4 is 11.9 Å². The molecule has 1 unspecified atom stereocenters. The molecule has 0 saturated carbocycles. The van der Waals surface area contributed by atoms with Crippen LogP contribution in [0.1, 0.15) is 30.0 Å². The smallest absolute Gasteiger partial charge is 0.310 e. The molecule has 0 aliphatic rings. The van der Waals surface area contributed by atoms with E-state index < -0.39 is 0 Å². The molecule has 26 heavy (non-hydrogen) atoms. The first-order valence-corrected chi connectivity index (χ1v) is 8.94. The number of benzene rings is 2. The molecule has 0 fully saturated rings. The zero-order chi connectivity index (χ0) is 18.9. The van der Waals surface area contributed by atoms with E-state index in [1.807, 2.05) is 61.5 Å². The second-order valence-corrected chi connectivity index (χ2v) is 6.67.